The molecule has 2 amide bonds. The fraction of sp³-hybridized carbons (Fsp3) is 0.222. The highest BCUT2D eigenvalue weighted by atomic mass is 16.5. The topological polar surface area (TPSA) is 58.6 Å². The molecule has 5 nitrogen and oxygen atoms in total. The smallest absolute Gasteiger partial charge is 0.239 e. The van der Waals surface area contributed by atoms with Gasteiger partial charge in [0.1, 0.15) is 11.7 Å². The molecule has 2 aromatic rings. The largest absolute Gasteiger partial charge is 0.497 e. The molecule has 3 rings (SSSR count). The molecular weight excluding hydrogens is 292 g/mol. The molecule has 1 heterocycles. The Balaban J connectivity index is 1.69. The first-order chi connectivity index (χ1) is 11.2. The quantitative estimate of drug-likeness (QED) is 0.883. The Labute approximate surface area is 134 Å². The first-order valence-electron chi connectivity index (χ1n) is 7.50. The molecule has 1 atom stereocenters. The lowest BCUT2D eigenvalue weighted by Gasteiger charge is -2.17. The minimum absolute atomic E-state index is 0.163. The highest BCUT2D eigenvalue weighted by Crippen LogP contribution is 2.27. The number of methoxy groups -OCH3 is 1. The van der Waals surface area contributed by atoms with Gasteiger partial charge in [0, 0.05) is 17.9 Å². The second-order valence-corrected chi connectivity index (χ2v) is 5.38. The van der Waals surface area contributed by atoms with E-state index in [1.807, 2.05) is 30.3 Å². The molecule has 0 unspecified atom stereocenters. The molecule has 0 aromatic heterocycles. The third-order valence-corrected chi connectivity index (χ3v) is 3.95. The molecule has 1 fully saturated rings. The van der Waals surface area contributed by atoms with E-state index in [0.717, 1.165) is 11.4 Å². The van der Waals surface area contributed by atoms with Crippen molar-refractivity contribution < 1.29 is 14.3 Å². The molecule has 0 spiro atoms. The van der Waals surface area contributed by atoms with Gasteiger partial charge in [-0.15, -0.1) is 0 Å². The molecule has 1 aliphatic heterocycles. The van der Waals surface area contributed by atoms with E-state index in [2.05, 4.69) is 5.32 Å². The van der Waals surface area contributed by atoms with Crippen LogP contribution in [-0.4, -0.2) is 25.5 Å². The van der Waals surface area contributed by atoms with E-state index in [1.165, 1.54) is 0 Å². The van der Waals surface area contributed by atoms with Crippen LogP contribution in [-0.2, 0) is 9.59 Å². The number of nitrogens with zero attached hydrogens (tertiary/aromatic N) is 1. The van der Waals surface area contributed by atoms with Crippen molar-refractivity contribution >= 4 is 23.2 Å². The molecule has 2 aromatic carbocycles. The van der Waals surface area contributed by atoms with Gasteiger partial charge in [0.15, 0.2) is 0 Å². The number of carbonyl (C=O) groups is 2. The van der Waals surface area contributed by atoms with Gasteiger partial charge in [-0.1, -0.05) is 18.2 Å². The first-order valence-corrected chi connectivity index (χ1v) is 7.50. The normalized spacial score (nSPS) is 17.2. The van der Waals surface area contributed by atoms with Gasteiger partial charge in [-0.05, 0) is 42.8 Å². The summed E-state index contributed by atoms with van der Waals surface area (Å²) in [5.74, 6) is -0.322. The van der Waals surface area contributed by atoms with Gasteiger partial charge in [-0.2, -0.15) is 0 Å². The maximum Gasteiger partial charge on any atom is 0.239 e. The van der Waals surface area contributed by atoms with Crippen LogP contribution in [0.4, 0.5) is 11.4 Å². The Bertz CT molecular complexity index is 698. The van der Waals surface area contributed by atoms with Crippen molar-refractivity contribution in [3.63, 3.8) is 0 Å². The molecule has 1 aliphatic rings. The van der Waals surface area contributed by atoms with Crippen LogP contribution in [0.1, 0.15) is 6.42 Å². The summed E-state index contributed by atoms with van der Waals surface area (Å²) < 4.78 is 5.12. The van der Waals surface area contributed by atoms with E-state index in [0.29, 0.717) is 18.7 Å². The number of rotatable bonds is 4. The third-order valence-electron chi connectivity index (χ3n) is 3.95. The maximum absolute atomic E-state index is 12.5. The Morgan fingerprint density at radius 2 is 1.83 bits per heavy atom. The zero-order chi connectivity index (χ0) is 16.2. The number of carbonyl (C=O) groups excluding carboxylic acids is 2. The standard InChI is InChI=1S/C18H18N2O3/c1-23-15-9-7-14(8-10-15)20-12-11-16(18(20)22)17(21)19-13-5-3-2-4-6-13/h2-10,16H,11-12H2,1H3,(H,19,21)/t16-/m0/s1. The highest BCUT2D eigenvalue weighted by Gasteiger charge is 2.37. The number of para-hydroxylation sites is 1. The zero-order valence-corrected chi connectivity index (χ0v) is 12.9. The van der Waals surface area contributed by atoms with Crippen LogP contribution in [0.3, 0.4) is 0 Å². The number of hydrogen-bond donors (Lipinski definition) is 1. The fourth-order valence-corrected chi connectivity index (χ4v) is 2.69. The molecular formula is C18H18N2O3. The molecule has 0 bridgehead atoms. The van der Waals surface area contributed by atoms with Crippen molar-refractivity contribution in [1.82, 2.24) is 0 Å². The average Bonchev–Trinajstić information content (AvgIpc) is 2.97. The summed E-state index contributed by atoms with van der Waals surface area (Å²) in [6, 6.07) is 16.4. The average molecular weight is 310 g/mol. The lowest BCUT2D eigenvalue weighted by atomic mass is 10.1. The molecule has 0 aliphatic carbocycles. The van der Waals surface area contributed by atoms with Crippen LogP contribution in [0.5, 0.6) is 5.75 Å². The molecule has 0 radical (unpaired) electrons. The van der Waals surface area contributed by atoms with Crippen LogP contribution in [0, 0.1) is 5.92 Å². The zero-order valence-electron chi connectivity index (χ0n) is 12.9. The minimum Gasteiger partial charge on any atom is -0.497 e. The Kier molecular flexibility index (Phi) is 4.28. The van der Waals surface area contributed by atoms with E-state index in [-0.39, 0.29) is 11.8 Å². The van der Waals surface area contributed by atoms with Gasteiger partial charge in [-0.25, -0.2) is 0 Å². The van der Waals surface area contributed by atoms with Gasteiger partial charge in [0.2, 0.25) is 11.8 Å². The highest BCUT2D eigenvalue weighted by molar-refractivity contribution is 6.13. The van der Waals surface area contributed by atoms with Crippen molar-refractivity contribution in [2.75, 3.05) is 23.9 Å². The minimum atomic E-state index is -0.641. The van der Waals surface area contributed by atoms with E-state index in [9.17, 15) is 9.59 Å². The summed E-state index contributed by atoms with van der Waals surface area (Å²) in [6.07, 6.45) is 0.517. The molecule has 5 heteroatoms. The Hall–Kier alpha value is -2.82. The SMILES string of the molecule is COc1ccc(N2CC[C@@H](C(=O)Nc3ccccc3)C2=O)cc1. The Morgan fingerprint density at radius 3 is 2.48 bits per heavy atom. The molecule has 23 heavy (non-hydrogen) atoms. The first kappa shape index (κ1) is 15.1. The fourth-order valence-electron chi connectivity index (χ4n) is 2.69. The lowest BCUT2D eigenvalue weighted by Crippen LogP contribution is -2.33. The van der Waals surface area contributed by atoms with Gasteiger partial charge in [0.25, 0.3) is 0 Å². The van der Waals surface area contributed by atoms with Crippen molar-refractivity contribution in [3.8, 4) is 5.75 Å². The molecule has 118 valence electrons. The number of hydrogen-bond acceptors (Lipinski definition) is 3. The third kappa shape index (κ3) is 3.18. The molecule has 1 saturated heterocycles. The number of anilines is 2. The number of ether oxygens (including phenoxy) is 1. The van der Waals surface area contributed by atoms with Crippen LogP contribution in [0.2, 0.25) is 0 Å². The predicted molar refractivity (Wildman–Crippen MR) is 88.5 cm³/mol. The molecule has 1 N–H and O–H groups in total. The number of benzene rings is 2. The predicted octanol–water partition coefficient (Wildman–Crippen LogP) is 2.69. The second kappa shape index (κ2) is 6.52. The summed E-state index contributed by atoms with van der Waals surface area (Å²) in [7, 11) is 1.60. The summed E-state index contributed by atoms with van der Waals surface area (Å²) in [5.41, 5.74) is 1.49. The summed E-state index contributed by atoms with van der Waals surface area (Å²) in [4.78, 5) is 26.5. The monoisotopic (exact) mass is 310 g/mol. The summed E-state index contributed by atoms with van der Waals surface area (Å²) >= 11 is 0. The van der Waals surface area contributed by atoms with Crippen LogP contribution in [0.25, 0.3) is 0 Å². The second-order valence-electron chi connectivity index (χ2n) is 5.38. The Morgan fingerprint density at radius 1 is 1.13 bits per heavy atom. The van der Waals surface area contributed by atoms with E-state index < -0.39 is 5.92 Å². The van der Waals surface area contributed by atoms with E-state index in [1.54, 1.807) is 36.3 Å². The van der Waals surface area contributed by atoms with Crippen molar-refractivity contribution in [3.05, 3.63) is 54.6 Å². The van der Waals surface area contributed by atoms with Crippen molar-refractivity contribution in [2.45, 2.75) is 6.42 Å². The van der Waals surface area contributed by atoms with E-state index in [4.69, 9.17) is 4.74 Å². The lowest BCUT2D eigenvalue weighted by molar-refractivity contribution is -0.129. The summed E-state index contributed by atoms with van der Waals surface area (Å²) in [6.45, 7) is 0.540. The van der Waals surface area contributed by atoms with Gasteiger partial charge >= 0.3 is 0 Å². The summed E-state index contributed by atoms with van der Waals surface area (Å²) in [5, 5.41) is 2.80. The van der Waals surface area contributed by atoms with E-state index >= 15 is 0 Å². The van der Waals surface area contributed by atoms with Crippen LogP contribution in [0.15, 0.2) is 54.6 Å². The van der Waals surface area contributed by atoms with Gasteiger partial charge in [-0.3, -0.25) is 9.59 Å². The number of nitrogens with one attached hydrogen (secondary N) is 1. The maximum atomic E-state index is 12.5. The van der Waals surface area contributed by atoms with Crippen molar-refractivity contribution in [1.29, 1.82) is 0 Å². The molecule has 0 saturated carbocycles. The van der Waals surface area contributed by atoms with Gasteiger partial charge in [0.05, 0.1) is 7.11 Å². The van der Waals surface area contributed by atoms with Gasteiger partial charge < -0.3 is 15.0 Å². The van der Waals surface area contributed by atoms with Crippen molar-refractivity contribution in [2.24, 2.45) is 5.92 Å². The number of amides is 2. The van der Waals surface area contributed by atoms with Crippen LogP contribution >= 0.6 is 0 Å². The van der Waals surface area contributed by atoms with Crippen LogP contribution < -0.4 is 15.0 Å².